The molecule has 0 spiro atoms. The van der Waals surface area contributed by atoms with Crippen molar-refractivity contribution >= 4 is 6.09 Å². The topological polar surface area (TPSA) is 63.5 Å². The fraction of sp³-hybridized carbons (Fsp3) is 0.667. The van der Waals surface area contributed by atoms with Gasteiger partial charge < -0.3 is 19.8 Å². The molecule has 5 heteroatoms. The number of carbonyl (C=O) groups is 1. The van der Waals surface area contributed by atoms with E-state index in [1.54, 1.807) is 6.26 Å². The largest absolute Gasteiger partial charge is 0.468 e. The lowest BCUT2D eigenvalue weighted by Crippen LogP contribution is -2.38. The van der Waals surface area contributed by atoms with Gasteiger partial charge in [0.15, 0.2) is 0 Å². The van der Waals surface area contributed by atoms with Crippen LogP contribution in [0.2, 0.25) is 0 Å². The van der Waals surface area contributed by atoms with E-state index in [2.05, 4.69) is 10.6 Å². The maximum absolute atomic E-state index is 11.6. The SMILES string of the molecule is Cc1ccoc1CNCCC(C)NC(=O)OC(C)(C)C. The van der Waals surface area contributed by atoms with Gasteiger partial charge in [0, 0.05) is 6.04 Å². The van der Waals surface area contributed by atoms with Gasteiger partial charge in [-0.25, -0.2) is 4.79 Å². The Morgan fingerprint density at radius 1 is 1.45 bits per heavy atom. The van der Waals surface area contributed by atoms with E-state index in [1.165, 1.54) is 0 Å². The molecule has 20 heavy (non-hydrogen) atoms. The summed E-state index contributed by atoms with van der Waals surface area (Å²) in [4.78, 5) is 11.6. The van der Waals surface area contributed by atoms with Crippen molar-refractivity contribution in [1.29, 1.82) is 0 Å². The van der Waals surface area contributed by atoms with Crippen LogP contribution in [0.3, 0.4) is 0 Å². The second-order valence-corrected chi connectivity index (χ2v) is 6.04. The van der Waals surface area contributed by atoms with Crippen LogP contribution in [0.25, 0.3) is 0 Å². The summed E-state index contributed by atoms with van der Waals surface area (Å²) < 4.78 is 10.5. The van der Waals surface area contributed by atoms with Crippen molar-refractivity contribution in [2.45, 2.75) is 59.2 Å². The highest BCUT2D eigenvalue weighted by atomic mass is 16.6. The van der Waals surface area contributed by atoms with Crippen molar-refractivity contribution in [3.8, 4) is 0 Å². The van der Waals surface area contributed by atoms with Crippen molar-refractivity contribution in [1.82, 2.24) is 10.6 Å². The molecule has 0 aliphatic rings. The molecule has 0 aliphatic heterocycles. The Morgan fingerprint density at radius 3 is 2.70 bits per heavy atom. The summed E-state index contributed by atoms with van der Waals surface area (Å²) in [5, 5.41) is 6.11. The van der Waals surface area contributed by atoms with E-state index in [1.807, 2.05) is 40.7 Å². The van der Waals surface area contributed by atoms with Gasteiger partial charge in [-0.15, -0.1) is 0 Å². The number of amides is 1. The standard InChI is InChI=1S/C15H26N2O3/c1-11-7-9-19-13(11)10-16-8-6-12(2)17-14(18)20-15(3,4)5/h7,9,12,16H,6,8,10H2,1-5H3,(H,17,18). The van der Waals surface area contributed by atoms with Gasteiger partial charge in [0.25, 0.3) is 0 Å². The minimum Gasteiger partial charge on any atom is -0.468 e. The molecule has 1 atom stereocenters. The van der Waals surface area contributed by atoms with Crippen LogP contribution in [0.1, 0.15) is 45.4 Å². The van der Waals surface area contributed by atoms with Gasteiger partial charge in [-0.1, -0.05) is 0 Å². The molecule has 2 N–H and O–H groups in total. The summed E-state index contributed by atoms with van der Waals surface area (Å²) >= 11 is 0. The van der Waals surface area contributed by atoms with E-state index >= 15 is 0 Å². The summed E-state index contributed by atoms with van der Waals surface area (Å²) in [6.45, 7) is 11.0. The molecule has 1 aromatic heterocycles. The third-order valence-electron chi connectivity index (χ3n) is 2.77. The molecule has 5 nitrogen and oxygen atoms in total. The average molecular weight is 282 g/mol. The van der Waals surface area contributed by atoms with Gasteiger partial charge in [-0.3, -0.25) is 0 Å². The summed E-state index contributed by atoms with van der Waals surface area (Å²) in [6.07, 6.45) is 2.16. The first-order chi connectivity index (χ1) is 9.28. The minimum absolute atomic E-state index is 0.0649. The molecule has 0 aromatic carbocycles. The lowest BCUT2D eigenvalue weighted by Gasteiger charge is -2.22. The zero-order valence-electron chi connectivity index (χ0n) is 13.1. The highest BCUT2D eigenvalue weighted by molar-refractivity contribution is 5.67. The first-order valence-electron chi connectivity index (χ1n) is 7.01. The van der Waals surface area contributed by atoms with E-state index < -0.39 is 5.60 Å². The summed E-state index contributed by atoms with van der Waals surface area (Å²) in [5.41, 5.74) is 0.691. The van der Waals surface area contributed by atoms with Crippen molar-refractivity contribution < 1.29 is 13.9 Å². The van der Waals surface area contributed by atoms with E-state index in [4.69, 9.17) is 9.15 Å². The second kappa shape index (κ2) is 7.33. The number of aryl methyl sites for hydroxylation is 1. The number of rotatable bonds is 6. The molecule has 0 saturated heterocycles. The Bertz CT molecular complexity index is 421. The first kappa shape index (κ1) is 16.6. The molecule has 1 heterocycles. The van der Waals surface area contributed by atoms with Crippen LogP contribution in [-0.4, -0.2) is 24.3 Å². The molecule has 1 unspecified atom stereocenters. The lowest BCUT2D eigenvalue weighted by atomic mass is 10.2. The van der Waals surface area contributed by atoms with Gasteiger partial charge in [0.1, 0.15) is 11.4 Å². The Labute approximate surface area is 121 Å². The van der Waals surface area contributed by atoms with Crippen LogP contribution in [-0.2, 0) is 11.3 Å². The summed E-state index contributed by atoms with van der Waals surface area (Å²) in [5.74, 6) is 0.956. The predicted molar refractivity (Wildman–Crippen MR) is 78.6 cm³/mol. The molecular weight excluding hydrogens is 256 g/mol. The third-order valence-corrected chi connectivity index (χ3v) is 2.77. The lowest BCUT2D eigenvalue weighted by molar-refractivity contribution is 0.0506. The molecule has 1 rings (SSSR count). The fourth-order valence-corrected chi connectivity index (χ4v) is 1.69. The van der Waals surface area contributed by atoms with Crippen molar-refractivity contribution in [2.75, 3.05) is 6.54 Å². The molecule has 0 fully saturated rings. The summed E-state index contributed by atoms with van der Waals surface area (Å²) in [6, 6.07) is 2.01. The monoisotopic (exact) mass is 282 g/mol. The number of hydrogen-bond donors (Lipinski definition) is 2. The van der Waals surface area contributed by atoms with E-state index in [0.29, 0.717) is 6.54 Å². The zero-order chi connectivity index (χ0) is 15.2. The number of carbonyl (C=O) groups excluding carboxylic acids is 1. The predicted octanol–water partition coefficient (Wildman–Crippen LogP) is 2.98. The number of hydrogen-bond acceptors (Lipinski definition) is 4. The Morgan fingerprint density at radius 2 is 2.15 bits per heavy atom. The van der Waals surface area contributed by atoms with Crippen LogP contribution in [0, 0.1) is 6.92 Å². The zero-order valence-corrected chi connectivity index (χ0v) is 13.1. The molecule has 0 bridgehead atoms. The number of ether oxygens (including phenoxy) is 1. The Hall–Kier alpha value is -1.49. The molecule has 0 saturated carbocycles. The van der Waals surface area contributed by atoms with Gasteiger partial charge in [-0.05, 0) is 59.2 Å². The fourth-order valence-electron chi connectivity index (χ4n) is 1.69. The number of alkyl carbamates (subject to hydrolysis) is 1. The molecule has 1 aromatic rings. The highest BCUT2D eigenvalue weighted by Crippen LogP contribution is 2.08. The summed E-state index contributed by atoms with van der Waals surface area (Å²) in [7, 11) is 0. The average Bonchev–Trinajstić information content (AvgIpc) is 2.67. The van der Waals surface area contributed by atoms with Crippen LogP contribution in [0.4, 0.5) is 4.79 Å². The Kier molecular flexibility index (Phi) is 6.07. The van der Waals surface area contributed by atoms with Crippen LogP contribution >= 0.6 is 0 Å². The van der Waals surface area contributed by atoms with E-state index in [-0.39, 0.29) is 12.1 Å². The van der Waals surface area contributed by atoms with Gasteiger partial charge in [0.05, 0.1) is 12.8 Å². The van der Waals surface area contributed by atoms with Crippen LogP contribution in [0.15, 0.2) is 16.7 Å². The smallest absolute Gasteiger partial charge is 0.407 e. The molecule has 0 aliphatic carbocycles. The maximum Gasteiger partial charge on any atom is 0.407 e. The van der Waals surface area contributed by atoms with Crippen molar-refractivity contribution in [3.05, 3.63) is 23.7 Å². The quantitative estimate of drug-likeness (QED) is 0.787. The number of nitrogens with one attached hydrogen (secondary N) is 2. The van der Waals surface area contributed by atoms with E-state index in [0.717, 1.165) is 24.3 Å². The first-order valence-corrected chi connectivity index (χ1v) is 7.01. The van der Waals surface area contributed by atoms with Crippen LogP contribution < -0.4 is 10.6 Å². The minimum atomic E-state index is -0.459. The Balaban J connectivity index is 2.15. The highest BCUT2D eigenvalue weighted by Gasteiger charge is 2.17. The van der Waals surface area contributed by atoms with Gasteiger partial charge >= 0.3 is 6.09 Å². The number of furan rings is 1. The molecule has 114 valence electrons. The van der Waals surface area contributed by atoms with Crippen LogP contribution in [0.5, 0.6) is 0 Å². The van der Waals surface area contributed by atoms with Gasteiger partial charge in [0.2, 0.25) is 0 Å². The van der Waals surface area contributed by atoms with E-state index in [9.17, 15) is 4.79 Å². The van der Waals surface area contributed by atoms with Gasteiger partial charge in [-0.2, -0.15) is 0 Å². The van der Waals surface area contributed by atoms with Crippen molar-refractivity contribution in [3.63, 3.8) is 0 Å². The normalized spacial score (nSPS) is 13.1. The molecule has 1 amide bonds. The van der Waals surface area contributed by atoms with Crippen molar-refractivity contribution in [2.24, 2.45) is 0 Å². The second-order valence-electron chi connectivity index (χ2n) is 6.04. The molecule has 0 radical (unpaired) electrons. The molecular formula is C15H26N2O3. The maximum atomic E-state index is 11.6. The third kappa shape index (κ3) is 6.61.